The SMILES string of the molecule is CCc1ccc(CC)c(C(N)CC(C)(C)C(=O)O)c1. The number of hydrogen-bond donors (Lipinski definition) is 2. The van der Waals surface area contributed by atoms with Crippen molar-refractivity contribution in [3.05, 3.63) is 34.9 Å². The van der Waals surface area contributed by atoms with Crippen molar-refractivity contribution in [3.8, 4) is 0 Å². The van der Waals surface area contributed by atoms with Crippen LogP contribution in [0.5, 0.6) is 0 Å². The molecule has 1 aromatic rings. The molecule has 0 aliphatic heterocycles. The third-order valence-corrected chi connectivity index (χ3v) is 3.71. The lowest BCUT2D eigenvalue weighted by molar-refractivity contribution is -0.147. The molecule has 3 heteroatoms. The van der Waals surface area contributed by atoms with Crippen LogP contribution in [0.15, 0.2) is 18.2 Å². The van der Waals surface area contributed by atoms with Gasteiger partial charge in [-0.15, -0.1) is 0 Å². The summed E-state index contributed by atoms with van der Waals surface area (Å²) in [5, 5.41) is 9.21. The molecule has 106 valence electrons. The van der Waals surface area contributed by atoms with Gasteiger partial charge in [0.05, 0.1) is 5.41 Å². The highest BCUT2D eigenvalue weighted by Gasteiger charge is 2.30. The molecule has 0 aromatic heterocycles. The number of nitrogens with two attached hydrogens (primary N) is 1. The Bertz CT molecular complexity index is 452. The monoisotopic (exact) mass is 263 g/mol. The third-order valence-electron chi connectivity index (χ3n) is 3.71. The van der Waals surface area contributed by atoms with E-state index >= 15 is 0 Å². The molecule has 19 heavy (non-hydrogen) atoms. The van der Waals surface area contributed by atoms with Crippen molar-refractivity contribution in [1.82, 2.24) is 0 Å². The van der Waals surface area contributed by atoms with E-state index in [0.717, 1.165) is 18.4 Å². The third kappa shape index (κ3) is 3.80. The lowest BCUT2D eigenvalue weighted by atomic mass is 9.82. The van der Waals surface area contributed by atoms with Crippen molar-refractivity contribution in [2.45, 2.75) is 53.0 Å². The van der Waals surface area contributed by atoms with E-state index in [0.29, 0.717) is 6.42 Å². The van der Waals surface area contributed by atoms with E-state index in [2.05, 4.69) is 32.0 Å². The van der Waals surface area contributed by atoms with Crippen molar-refractivity contribution < 1.29 is 9.90 Å². The number of carboxylic acid groups (broad SMARTS) is 1. The number of hydrogen-bond acceptors (Lipinski definition) is 2. The second kappa shape index (κ2) is 6.20. The van der Waals surface area contributed by atoms with Crippen LogP contribution < -0.4 is 5.73 Å². The highest BCUT2D eigenvalue weighted by molar-refractivity contribution is 5.73. The first-order chi connectivity index (χ1) is 8.81. The van der Waals surface area contributed by atoms with E-state index in [4.69, 9.17) is 5.73 Å². The lowest BCUT2D eigenvalue weighted by Gasteiger charge is -2.25. The van der Waals surface area contributed by atoms with Gasteiger partial charge in [0.15, 0.2) is 0 Å². The Morgan fingerprint density at radius 2 is 1.95 bits per heavy atom. The molecule has 0 spiro atoms. The van der Waals surface area contributed by atoms with Crippen molar-refractivity contribution >= 4 is 5.97 Å². The Balaban J connectivity index is 3.04. The van der Waals surface area contributed by atoms with Crippen LogP contribution in [0.4, 0.5) is 0 Å². The van der Waals surface area contributed by atoms with Crippen molar-refractivity contribution in [2.75, 3.05) is 0 Å². The maximum absolute atomic E-state index is 11.2. The van der Waals surface area contributed by atoms with Crippen LogP contribution in [0.25, 0.3) is 0 Å². The van der Waals surface area contributed by atoms with Gasteiger partial charge in [0.1, 0.15) is 0 Å². The van der Waals surface area contributed by atoms with Crippen LogP contribution in [0.3, 0.4) is 0 Å². The number of benzene rings is 1. The standard InChI is InChI=1S/C16H25NO2/c1-5-11-7-8-12(6-2)13(9-11)14(17)10-16(3,4)15(18)19/h7-9,14H,5-6,10,17H2,1-4H3,(H,18,19). The molecule has 1 atom stereocenters. The second-order valence-corrected chi connectivity index (χ2v) is 5.74. The molecular weight excluding hydrogens is 238 g/mol. The molecule has 1 unspecified atom stereocenters. The molecule has 0 aliphatic rings. The molecule has 0 heterocycles. The Morgan fingerprint density at radius 1 is 1.32 bits per heavy atom. The number of carbonyl (C=O) groups is 1. The van der Waals surface area contributed by atoms with Gasteiger partial charge in [-0.1, -0.05) is 32.0 Å². The summed E-state index contributed by atoms with van der Waals surface area (Å²) in [5.74, 6) is -0.798. The van der Waals surface area contributed by atoms with E-state index < -0.39 is 11.4 Å². The minimum absolute atomic E-state index is 0.229. The maximum Gasteiger partial charge on any atom is 0.309 e. The van der Waals surface area contributed by atoms with E-state index in [1.54, 1.807) is 13.8 Å². The van der Waals surface area contributed by atoms with E-state index in [1.807, 2.05) is 0 Å². The first kappa shape index (κ1) is 15.7. The topological polar surface area (TPSA) is 63.3 Å². The van der Waals surface area contributed by atoms with Crippen LogP contribution >= 0.6 is 0 Å². The number of aryl methyl sites for hydroxylation is 2. The molecule has 3 nitrogen and oxygen atoms in total. The zero-order chi connectivity index (χ0) is 14.6. The van der Waals surface area contributed by atoms with Gasteiger partial charge in [0.2, 0.25) is 0 Å². The summed E-state index contributed by atoms with van der Waals surface area (Å²) in [4.78, 5) is 11.2. The zero-order valence-electron chi connectivity index (χ0n) is 12.4. The van der Waals surface area contributed by atoms with Gasteiger partial charge in [-0.25, -0.2) is 0 Å². The van der Waals surface area contributed by atoms with Crippen molar-refractivity contribution in [3.63, 3.8) is 0 Å². The fraction of sp³-hybridized carbons (Fsp3) is 0.562. The summed E-state index contributed by atoms with van der Waals surface area (Å²) in [6.07, 6.45) is 2.33. The summed E-state index contributed by atoms with van der Waals surface area (Å²) >= 11 is 0. The van der Waals surface area contributed by atoms with Gasteiger partial charge >= 0.3 is 5.97 Å². The van der Waals surface area contributed by atoms with Crippen molar-refractivity contribution in [1.29, 1.82) is 0 Å². The molecule has 0 amide bonds. The summed E-state index contributed by atoms with van der Waals surface area (Å²) < 4.78 is 0. The smallest absolute Gasteiger partial charge is 0.309 e. The number of carboxylic acids is 1. The average Bonchev–Trinajstić information content (AvgIpc) is 2.37. The van der Waals surface area contributed by atoms with Crippen LogP contribution in [-0.4, -0.2) is 11.1 Å². The van der Waals surface area contributed by atoms with Gasteiger partial charge in [0.25, 0.3) is 0 Å². The van der Waals surface area contributed by atoms with Crippen LogP contribution in [0, 0.1) is 5.41 Å². The van der Waals surface area contributed by atoms with Crippen LogP contribution in [-0.2, 0) is 17.6 Å². The largest absolute Gasteiger partial charge is 0.481 e. The molecule has 0 fully saturated rings. The van der Waals surface area contributed by atoms with E-state index in [1.165, 1.54) is 11.1 Å². The van der Waals surface area contributed by atoms with Gasteiger partial charge in [0, 0.05) is 6.04 Å². The first-order valence-electron chi connectivity index (χ1n) is 6.92. The number of aliphatic carboxylic acids is 1. The molecule has 0 bridgehead atoms. The van der Waals surface area contributed by atoms with Crippen LogP contribution in [0.1, 0.15) is 56.8 Å². The van der Waals surface area contributed by atoms with E-state index in [9.17, 15) is 9.90 Å². The highest BCUT2D eigenvalue weighted by atomic mass is 16.4. The average molecular weight is 263 g/mol. The Hall–Kier alpha value is -1.35. The molecule has 0 saturated heterocycles. The minimum Gasteiger partial charge on any atom is -0.481 e. The summed E-state index contributed by atoms with van der Waals surface area (Å²) in [7, 11) is 0. The molecule has 0 aliphatic carbocycles. The Morgan fingerprint density at radius 3 is 2.42 bits per heavy atom. The molecule has 0 saturated carbocycles. The highest BCUT2D eigenvalue weighted by Crippen LogP contribution is 2.31. The molecule has 0 radical (unpaired) electrons. The molecule has 1 rings (SSSR count). The predicted molar refractivity (Wildman–Crippen MR) is 78.2 cm³/mol. The second-order valence-electron chi connectivity index (χ2n) is 5.74. The summed E-state index contributed by atoms with van der Waals surface area (Å²) in [6, 6.07) is 6.13. The molecule has 3 N–H and O–H groups in total. The fourth-order valence-corrected chi connectivity index (χ4v) is 2.28. The quantitative estimate of drug-likeness (QED) is 0.827. The van der Waals surface area contributed by atoms with E-state index in [-0.39, 0.29) is 6.04 Å². The molecule has 1 aromatic carbocycles. The Kier molecular flexibility index (Phi) is 5.12. The lowest BCUT2D eigenvalue weighted by Crippen LogP contribution is -2.29. The van der Waals surface area contributed by atoms with Gasteiger partial charge < -0.3 is 10.8 Å². The molecular formula is C16H25NO2. The summed E-state index contributed by atoms with van der Waals surface area (Å²) in [6.45, 7) is 7.66. The first-order valence-corrected chi connectivity index (χ1v) is 6.92. The predicted octanol–water partition coefficient (Wildman–Crippen LogP) is 3.31. The van der Waals surface area contributed by atoms with Gasteiger partial charge in [-0.3, -0.25) is 4.79 Å². The normalized spacial score (nSPS) is 13.3. The Labute approximate surface area is 115 Å². The van der Waals surface area contributed by atoms with Gasteiger partial charge in [-0.2, -0.15) is 0 Å². The fourth-order valence-electron chi connectivity index (χ4n) is 2.28. The van der Waals surface area contributed by atoms with Crippen LogP contribution in [0.2, 0.25) is 0 Å². The van der Waals surface area contributed by atoms with Crippen molar-refractivity contribution in [2.24, 2.45) is 11.1 Å². The number of rotatable bonds is 6. The zero-order valence-corrected chi connectivity index (χ0v) is 12.4. The maximum atomic E-state index is 11.2. The minimum atomic E-state index is -0.799. The summed E-state index contributed by atoms with van der Waals surface area (Å²) in [5.41, 5.74) is 9.01. The van der Waals surface area contributed by atoms with Gasteiger partial charge in [-0.05, 0) is 49.8 Å².